The average molecular weight is 486 g/mol. The van der Waals surface area contributed by atoms with Gasteiger partial charge < -0.3 is 10.1 Å². The van der Waals surface area contributed by atoms with Crippen LogP contribution in [0.15, 0.2) is 64.9 Å². The van der Waals surface area contributed by atoms with Crippen molar-refractivity contribution in [2.75, 3.05) is 6.54 Å². The molecule has 0 radical (unpaired) electrons. The fourth-order valence-electron chi connectivity index (χ4n) is 2.60. The fourth-order valence-corrected chi connectivity index (χ4v) is 4.37. The Morgan fingerprint density at radius 3 is 2.41 bits per heavy atom. The van der Waals surface area contributed by atoms with Gasteiger partial charge in [-0.3, -0.25) is 4.79 Å². The molecule has 0 atom stereocenters. The first-order chi connectivity index (χ1) is 15.1. The second-order valence-electron chi connectivity index (χ2n) is 6.44. The summed E-state index contributed by atoms with van der Waals surface area (Å²) in [4.78, 5) is 16.2. The summed E-state index contributed by atoms with van der Waals surface area (Å²) in [5.41, 5.74) is 1.77. The lowest BCUT2D eigenvalue weighted by atomic mass is 10.2. The summed E-state index contributed by atoms with van der Waals surface area (Å²) in [5.74, 6) is -0.911. The Kier molecular flexibility index (Phi) is 7.48. The number of alkyl halides is 3. The maximum absolute atomic E-state index is 12.2. The van der Waals surface area contributed by atoms with Crippen LogP contribution < -0.4 is 14.8 Å². The maximum Gasteiger partial charge on any atom is 0.573 e. The minimum absolute atomic E-state index is 0.120. The van der Waals surface area contributed by atoms with E-state index >= 15 is 0 Å². The number of nitrogens with zero attached hydrogens (tertiary/aromatic N) is 1. The highest BCUT2D eigenvalue weighted by atomic mass is 32.2. The molecule has 0 unspecified atom stereocenters. The lowest BCUT2D eigenvalue weighted by molar-refractivity contribution is -0.274. The van der Waals surface area contributed by atoms with E-state index in [0.29, 0.717) is 5.01 Å². The number of nitrogens with one attached hydrogen (secondary N) is 2. The number of hydrogen-bond donors (Lipinski definition) is 2. The van der Waals surface area contributed by atoms with Crippen molar-refractivity contribution in [3.05, 3.63) is 65.0 Å². The van der Waals surface area contributed by atoms with Gasteiger partial charge in [0.25, 0.3) is 0 Å². The van der Waals surface area contributed by atoms with Crippen LogP contribution in [-0.4, -0.2) is 32.2 Å². The van der Waals surface area contributed by atoms with Crippen molar-refractivity contribution in [3.8, 4) is 17.0 Å². The van der Waals surface area contributed by atoms with Gasteiger partial charge in [-0.1, -0.05) is 30.3 Å². The Balaban J connectivity index is 1.44. The molecule has 0 aliphatic carbocycles. The molecule has 0 bridgehead atoms. The SMILES string of the molecule is O=C(CCNS(=O)(=O)c1ccc(OC(F)(F)F)cc1)NCc1nc(-c2ccccc2)cs1. The third-order valence-corrected chi connectivity index (χ3v) is 6.40. The molecule has 2 N–H and O–H groups in total. The zero-order valence-electron chi connectivity index (χ0n) is 16.4. The van der Waals surface area contributed by atoms with E-state index in [-0.39, 0.29) is 30.3 Å². The van der Waals surface area contributed by atoms with Crippen molar-refractivity contribution in [3.63, 3.8) is 0 Å². The van der Waals surface area contributed by atoms with Gasteiger partial charge in [0.1, 0.15) is 10.8 Å². The molecule has 12 heteroatoms. The molecule has 32 heavy (non-hydrogen) atoms. The van der Waals surface area contributed by atoms with E-state index in [2.05, 4.69) is 19.8 Å². The first-order valence-corrected chi connectivity index (χ1v) is 11.6. The molecular formula is C20H18F3N3O4S2. The lowest BCUT2D eigenvalue weighted by Crippen LogP contribution is -2.30. The molecule has 0 aliphatic rings. The molecule has 170 valence electrons. The quantitative estimate of drug-likeness (QED) is 0.482. The number of ether oxygens (including phenoxy) is 1. The van der Waals surface area contributed by atoms with Gasteiger partial charge in [0, 0.05) is 23.9 Å². The smallest absolute Gasteiger partial charge is 0.406 e. The average Bonchev–Trinajstić information content (AvgIpc) is 3.21. The van der Waals surface area contributed by atoms with Crippen LogP contribution in [0.25, 0.3) is 11.3 Å². The minimum Gasteiger partial charge on any atom is -0.406 e. The van der Waals surface area contributed by atoms with Crippen molar-refractivity contribution in [2.24, 2.45) is 0 Å². The van der Waals surface area contributed by atoms with Gasteiger partial charge in [-0.2, -0.15) is 0 Å². The fraction of sp³-hybridized carbons (Fsp3) is 0.200. The summed E-state index contributed by atoms with van der Waals surface area (Å²) in [6.45, 7) is 0.0336. The predicted octanol–water partition coefficient (Wildman–Crippen LogP) is 3.69. The summed E-state index contributed by atoms with van der Waals surface area (Å²) in [5, 5.41) is 5.26. The van der Waals surface area contributed by atoms with Gasteiger partial charge in [-0.05, 0) is 24.3 Å². The summed E-state index contributed by atoms with van der Waals surface area (Å²) in [7, 11) is -3.99. The highest BCUT2D eigenvalue weighted by Gasteiger charge is 2.31. The van der Waals surface area contributed by atoms with Gasteiger partial charge in [0.2, 0.25) is 15.9 Å². The molecule has 2 aromatic carbocycles. The molecular weight excluding hydrogens is 467 g/mol. The maximum atomic E-state index is 12.2. The first kappa shape index (κ1) is 23.7. The van der Waals surface area contributed by atoms with Crippen LogP contribution in [-0.2, 0) is 21.4 Å². The number of carbonyl (C=O) groups is 1. The van der Waals surface area contributed by atoms with Crippen LogP contribution in [0.4, 0.5) is 13.2 Å². The van der Waals surface area contributed by atoms with E-state index in [9.17, 15) is 26.4 Å². The number of aromatic nitrogens is 1. The van der Waals surface area contributed by atoms with Crippen molar-refractivity contribution in [1.29, 1.82) is 0 Å². The normalized spacial score (nSPS) is 11.8. The van der Waals surface area contributed by atoms with Gasteiger partial charge in [0.05, 0.1) is 17.1 Å². The Morgan fingerprint density at radius 1 is 1.06 bits per heavy atom. The van der Waals surface area contributed by atoms with E-state index in [4.69, 9.17) is 0 Å². The van der Waals surface area contributed by atoms with Crippen molar-refractivity contribution >= 4 is 27.3 Å². The molecule has 3 aromatic rings. The predicted molar refractivity (Wildman–Crippen MR) is 112 cm³/mol. The van der Waals surface area contributed by atoms with Gasteiger partial charge in [-0.25, -0.2) is 18.1 Å². The Hall–Kier alpha value is -2.96. The topological polar surface area (TPSA) is 97.4 Å². The largest absolute Gasteiger partial charge is 0.573 e. The summed E-state index contributed by atoms with van der Waals surface area (Å²) >= 11 is 1.40. The number of rotatable bonds is 9. The third-order valence-electron chi connectivity index (χ3n) is 4.07. The minimum atomic E-state index is -4.87. The molecule has 0 aliphatic heterocycles. The number of carbonyl (C=O) groups excluding carboxylic acids is 1. The van der Waals surface area contributed by atoms with Crippen molar-refractivity contribution in [2.45, 2.75) is 24.2 Å². The number of sulfonamides is 1. The van der Waals surface area contributed by atoms with Gasteiger partial charge in [0.15, 0.2) is 0 Å². The van der Waals surface area contributed by atoms with Crippen LogP contribution in [0.3, 0.4) is 0 Å². The molecule has 7 nitrogen and oxygen atoms in total. The van der Waals surface area contributed by atoms with E-state index < -0.39 is 22.1 Å². The number of thiazole rings is 1. The zero-order valence-corrected chi connectivity index (χ0v) is 18.1. The number of amides is 1. The van der Waals surface area contributed by atoms with Crippen LogP contribution in [0, 0.1) is 0 Å². The Morgan fingerprint density at radius 2 is 1.75 bits per heavy atom. The highest BCUT2D eigenvalue weighted by molar-refractivity contribution is 7.89. The summed E-state index contributed by atoms with van der Waals surface area (Å²) < 4.78 is 66.9. The van der Waals surface area contributed by atoms with E-state index in [1.54, 1.807) is 0 Å². The molecule has 0 spiro atoms. The molecule has 3 rings (SSSR count). The van der Waals surface area contributed by atoms with Crippen LogP contribution in [0.1, 0.15) is 11.4 Å². The third kappa shape index (κ3) is 7.04. The molecule has 0 saturated heterocycles. The second-order valence-corrected chi connectivity index (χ2v) is 9.15. The molecule has 1 amide bonds. The van der Waals surface area contributed by atoms with Gasteiger partial charge in [-0.15, -0.1) is 24.5 Å². The van der Waals surface area contributed by atoms with E-state index in [0.717, 1.165) is 35.5 Å². The second kappa shape index (κ2) is 10.1. The Labute approximate surface area is 186 Å². The monoisotopic (exact) mass is 485 g/mol. The Bertz CT molecular complexity index is 1150. The van der Waals surface area contributed by atoms with Crippen LogP contribution in [0.5, 0.6) is 5.75 Å². The van der Waals surface area contributed by atoms with E-state index in [1.165, 1.54) is 11.3 Å². The number of halogens is 3. The lowest BCUT2D eigenvalue weighted by Gasteiger charge is -2.10. The summed E-state index contributed by atoms with van der Waals surface area (Å²) in [6, 6.07) is 13.3. The molecule has 1 heterocycles. The molecule has 0 fully saturated rings. The van der Waals surface area contributed by atoms with Crippen molar-refractivity contribution in [1.82, 2.24) is 15.0 Å². The van der Waals surface area contributed by atoms with Gasteiger partial charge >= 0.3 is 6.36 Å². The van der Waals surface area contributed by atoms with Crippen LogP contribution in [0.2, 0.25) is 0 Å². The number of benzene rings is 2. The van der Waals surface area contributed by atoms with Crippen molar-refractivity contribution < 1.29 is 31.1 Å². The van der Waals surface area contributed by atoms with Crippen LogP contribution >= 0.6 is 11.3 Å². The molecule has 1 aromatic heterocycles. The van der Waals surface area contributed by atoms with E-state index in [1.807, 2.05) is 35.7 Å². The summed E-state index contributed by atoms with van der Waals surface area (Å²) in [6.07, 6.45) is -4.99. The zero-order chi connectivity index (χ0) is 23.2. The number of hydrogen-bond acceptors (Lipinski definition) is 6. The molecule has 0 saturated carbocycles. The standard InChI is InChI=1S/C20H18F3N3O4S2/c21-20(22,23)30-15-6-8-16(9-7-15)32(28,29)25-11-10-18(27)24-12-19-26-17(13-31-19)14-4-2-1-3-5-14/h1-9,13,25H,10-12H2,(H,24,27). The highest BCUT2D eigenvalue weighted by Crippen LogP contribution is 2.24. The first-order valence-electron chi connectivity index (χ1n) is 9.24.